The number of thioether (sulfide) groups is 1. The summed E-state index contributed by atoms with van der Waals surface area (Å²) in [6.07, 6.45) is -4.50. The van der Waals surface area contributed by atoms with E-state index in [0.29, 0.717) is 15.7 Å². The molecule has 3 rings (SSSR count). The second kappa shape index (κ2) is 6.50. The maximum Gasteiger partial charge on any atom is 0.416 e. The van der Waals surface area contributed by atoms with Crippen molar-refractivity contribution in [3.8, 4) is 0 Å². The fourth-order valence-electron chi connectivity index (χ4n) is 2.58. The van der Waals surface area contributed by atoms with E-state index in [1.165, 1.54) is 41.3 Å². The minimum absolute atomic E-state index is 0.0388. The molecule has 2 aromatic rings. The van der Waals surface area contributed by atoms with Crippen molar-refractivity contribution in [2.45, 2.75) is 11.6 Å². The quantitative estimate of drug-likeness (QED) is 0.645. The lowest BCUT2D eigenvalue weighted by atomic mass is 10.1. The number of halogens is 5. The van der Waals surface area contributed by atoms with Gasteiger partial charge in [0.25, 0.3) is 0 Å². The summed E-state index contributed by atoms with van der Waals surface area (Å²) in [5.41, 5.74) is -0.336. The first kappa shape index (κ1) is 17.5. The van der Waals surface area contributed by atoms with Crippen molar-refractivity contribution in [1.82, 2.24) is 0 Å². The van der Waals surface area contributed by atoms with Crippen LogP contribution in [0.15, 0.2) is 42.5 Å². The zero-order chi connectivity index (χ0) is 17.5. The number of alkyl halides is 3. The molecule has 1 atom stereocenters. The molecule has 2 aromatic carbocycles. The fraction of sp³-hybridized carbons (Fsp3) is 0.188. The molecule has 0 spiro atoms. The SMILES string of the molecule is O=C1CS[C@H](c2ccccc2C(F)(F)F)N1c1cc(Cl)cc(Cl)c1. The third-order valence-electron chi connectivity index (χ3n) is 3.53. The molecule has 0 radical (unpaired) electrons. The molecule has 1 saturated heterocycles. The highest BCUT2D eigenvalue weighted by atomic mass is 35.5. The van der Waals surface area contributed by atoms with E-state index in [0.717, 1.165) is 17.8 Å². The molecule has 1 aliphatic rings. The Morgan fingerprint density at radius 3 is 2.33 bits per heavy atom. The second-order valence-electron chi connectivity index (χ2n) is 5.14. The van der Waals surface area contributed by atoms with Gasteiger partial charge in [0.1, 0.15) is 5.37 Å². The van der Waals surface area contributed by atoms with Crippen molar-refractivity contribution in [2.75, 3.05) is 10.7 Å². The fourth-order valence-corrected chi connectivity index (χ4v) is 4.31. The number of anilines is 1. The minimum atomic E-state index is -4.50. The maximum atomic E-state index is 13.3. The maximum absolute atomic E-state index is 13.3. The molecule has 126 valence electrons. The summed E-state index contributed by atoms with van der Waals surface area (Å²) in [6.45, 7) is 0. The van der Waals surface area contributed by atoms with Crippen LogP contribution in [-0.2, 0) is 11.0 Å². The van der Waals surface area contributed by atoms with Gasteiger partial charge in [-0.05, 0) is 29.8 Å². The van der Waals surface area contributed by atoms with Gasteiger partial charge in [-0.3, -0.25) is 9.69 Å². The van der Waals surface area contributed by atoms with Gasteiger partial charge in [0, 0.05) is 15.7 Å². The zero-order valence-corrected chi connectivity index (χ0v) is 14.3. The normalized spacial score (nSPS) is 18.3. The summed E-state index contributed by atoms with van der Waals surface area (Å²) in [6, 6.07) is 9.78. The van der Waals surface area contributed by atoms with Crippen molar-refractivity contribution in [2.24, 2.45) is 0 Å². The molecule has 24 heavy (non-hydrogen) atoms. The van der Waals surface area contributed by atoms with E-state index in [4.69, 9.17) is 23.2 Å². The van der Waals surface area contributed by atoms with E-state index in [-0.39, 0.29) is 17.2 Å². The second-order valence-corrected chi connectivity index (χ2v) is 7.08. The average molecular weight is 392 g/mol. The molecule has 0 unspecified atom stereocenters. The first-order valence-corrected chi connectivity index (χ1v) is 8.64. The van der Waals surface area contributed by atoms with Crippen molar-refractivity contribution >= 4 is 46.6 Å². The first-order valence-electron chi connectivity index (χ1n) is 6.83. The van der Waals surface area contributed by atoms with Crippen LogP contribution in [0.2, 0.25) is 10.0 Å². The Bertz CT molecular complexity index is 777. The van der Waals surface area contributed by atoms with Crippen molar-refractivity contribution in [3.05, 3.63) is 63.6 Å². The van der Waals surface area contributed by atoms with Crippen molar-refractivity contribution in [1.29, 1.82) is 0 Å². The molecule has 0 saturated carbocycles. The van der Waals surface area contributed by atoms with Crippen LogP contribution in [0.1, 0.15) is 16.5 Å². The Hall–Kier alpha value is -1.37. The lowest BCUT2D eigenvalue weighted by Gasteiger charge is -2.27. The smallest absolute Gasteiger partial charge is 0.295 e. The number of hydrogen-bond donors (Lipinski definition) is 0. The van der Waals surface area contributed by atoms with E-state index >= 15 is 0 Å². The van der Waals surface area contributed by atoms with Crippen molar-refractivity contribution < 1.29 is 18.0 Å². The molecule has 0 bridgehead atoms. The molecular formula is C16H10Cl2F3NOS. The van der Waals surface area contributed by atoms with Crippen LogP contribution in [0.4, 0.5) is 18.9 Å². The highest BCUT2D eigenvalue weighted by Crippen LogP contribution is 2.46. The molecule has 1 fully saturated rings. The molecule has 8 heteroatoms. The lowest BCUT2D eigenvalue weighted by molar-refractivity contribution is -0.138. The van der Waals surface area contributed by atoms with Gasteiger partial charge in [-0.25, -0.2) is 0 Å². The number of carbonyl (C=O) groups is 1. The monoisotopic (exact) mass is 391 g/mol. The predicted octanol–water partition coefficient (Wildman–Crippen LogP) is 5.79. The number of amides is 1. The van der Waals surface area contributed by atoms with Crippen LogP contribution in [-0.4, -0.2) is 11.7 Å². The molecule has 1 aliphatic heterocycles. The van der Waals surface area contributed by atoms with Crippen LogP contribution in [0, 0.1) is 0 Å². The zero-order valence-electron chi connectivity index (χ0n) is 12.0. The Kier molecular flexibility index (Phi) is 4.73. The molecule has 1 amide bonds. The highest BCUT2D eigenvalue weighted by Gasteiger charge is 2.41. The van der Waals surface area contributed by atoms with Crippen LogP contribution >= 0.6 is 35.0 Å². The van der Waals surface area contributed by atoms with Gasteiger partial charge < -0.3 is 0 Å². The van der Waals surface area contributed by atoms with Crippen LogP contribution in [0.3, 0.4) is 0 Å². The van der Waals surface area contributed by atoms with E-state index < -0.39 is 17.1 Å². The molecule has 2 nitrogen and oxygen atoms in total. The van der Waals surface area contributed by atoms with Gasteiger partial charge in [0.2, 0.25) is 5.91 Å². The molecule has 1 heterocycles. The molecule has 0 N–H and O–H groups in total. The minimum Gasteiger partial charge on any atom is -0.295 e. The van der Waals surface area contributed by atoms with Gasteiger partial charge >= 0.3 is 6.18 Å². The van der Waals surface area contributed by atoms with E-state index in [1.54, 1.807) is 0 Å². The van der Waals surface area contributed by atoms with Gasteiger partial charge in [-0.1, -0.05) is 41.4 Å². The standard InChI is InChI=1S/C16H10Cl2F3NOS/c17-9-5-10(18)7-11(6-9)22-14(23)8-24-15(22)12-3-1-2-4-13(12)16(19,20)21/h1-7,15H,8H2/t15-/m1/s1. The third kappa shape index (κ3) is 3.36. The topological polar surface area (TPSA) is 20.3 Å². The average Bonchev–Trinajstić information content (AvgIpc) is 2.87. The van der Waals surface area contributed by atoms with Gasteiger partial charge in [0.05, 0.1) is 11.3 Å². The Labute approximate surface area is 150 Å². The van der Waals surface area contributed by atoms with Gasteiger partial charge in [0.15, 0.2) is 0 Å². The van der Waals surface area contributed by atoms with Gasteiger partial charge in [-0.15, -0.1) is 11.8 Å². The van der Waals surface area contributed by atoms with Crippen LogP contribution in [0.5, 0.6) is 0 Å². The Balaban J connectivity index is 2.10. The summed E-state index contributed by atoms with van der Waals surface area (Å²) >= 11 is 13.1. The molecular weight excluding hydrogens is 382 g/mol. The van der Waals surface area contributed by atoms with Crippen LogP contribution in [0.25, 0.3) is 0 Å². The summed E-state index contributed by atoms with van der Waals surface area (Å²) in [5.74, 6) is -0.207. The lowest BCUT2D eigenvalue weighted by Crippen LogP contribution is -2.29. The van der Waals surface area contributed by atoms with Gasteiger partial charge in [-0.2, -0.15) is 13.2 Å². The van der Waals surface area contributed by atoms with E-state index in [2.05, 4.69) is 0 Å². The Morgan fingerprint density at radius 2 is 1.71 bits per heavy atom. The Morgan fingerprint density at radius 1 is 1.08 bits per heavy atom. The largest absolute Gasteiger partial charge is 0.416 e. The van der Waals surface area contributed by atoms with E-state index in [9.17, 15) is 18.0 Å². The predicted molar refractivity (Wildman–Crippen MR) is 90.6 cm³/mol. The van der Waals surface area contributed by atoms with Crippen molar-refractivity contribution in [3.63, 3.8) is 0 Å². The number of carbonyl (C=O) groups excluding carboxylic acids is 1. The summed E-state index contributed by atoms with van der Waals surface area (Å²) in [4.78, 5) is 13.6. The number of nitrogens with zero attached hydrogens (tertiary/aromatic N) is 1. The summed E-state index contributed by atoms with van der Waals surface area (Å²) in [5, 5.41) is -0.167. The highest BCUT2D eigenvalue weighted by molar-refractivity contribution is 8.00. The van der Waals surface area contributed by atoms with E-state index in [1.807, 2.05) is 0 Å². The third-order valence-corrected chi connectivity index (χ3v) is 5.16. The number of hydrogen-bond acceptors (Lipinski definition) is 2. The van der Waals surface area contributed by atoms with Crippen LogP contribution < -0.4 is 4.90 Å². The molecule has 0 aromatic heterocycles. The number of benzene rings is 2. The first-order chi connectivity index (χ1) is 11.3. The molecule has 0 aliphatic carbocycles. The summed E-state index contributed by atoms with van der Waals surface area (Å²) in [7, 11) is 0. The number of rotatable bonds is 2. The summed E-state index contributed by atoms with van der Waals surface area (Å²) < 4.78 is 39.9.